The van der Waals surface area contributed by atoms with Gasteiger partial charge in [0.2, 0.25) is 5.91 Å². The molecule has 0 aliphatic carbocycles. The number of rotatable bonds is 8. The zero-order valence-corrected chi connectivity index (χ0v) is 34.7. The molecule has 1 aromatic rings. The molecule has 12 atom stereocenters. The number of esters is 1. The van der Waals surface area contributed by atoms with Gasteiger partial charge in [0.05, 0.1) is 42.1 Å². The average molecular weight is 805 g/mol. The second-order valence-electron chi connectivity index (χ2n) is 16.3. The average Bonchev–Trinajstić information content (AvgIpc) is 3.16. The summed E-state index contributed by atoms with van der Waals surface area (Å²) >= 11 is 0. The summed E-state index contributed by atoms with van der Waals surface area (Å²) in [6, 6.07) is 5.45. The number of carbonyl (C=O) groups is 3. The van der Waals surface area contributed by atoms with Crippen LogP contribution in [0.25, 0.3) is 0 Å². The van der Waals surface area contributed by atoms with Gasteiger partial charge in [-0.3, -0.25) is 24.5 Å². The summed E-state index contributed by atoms with van der Waals surface area (Å²) in [4.78, 5) is 63.4. The van der Waals surface area contributed by atoms with Crippen LogP contribution < -0.4 is 0 Å². The molecular weight excluding hydrogens is 744 g/mol. The SMILES string of the molecule is CC[C@H]1OC(=O)[C@H](C)C(=O)[C@H](C)[C@@H](O[C@@H]2O[C@H](C)C[C@H](N(C)C)[C@H]2O)[C@@]2(C)C[C@@H](C)C(=NC(C)=O)C[C@@H](OC/C(=N/OCc3ccc([N+](=O)[O-])cc3)CO2)[C@]1(C)O. The first-order valence-electron chi connectivity index (χ1n) is 19.5. The molecule has 1 aromatic carbocycles. The predicted octanol–water partition coefficient (Wildman–Crippen LogP) is 3.78. The van der Waals surface area contributed by atoms with Crippen molar-refractivity contribution in [3.8, 4) is 0 Å². The molecule has 0 aromatic heterocycles. The Bertz CT molecular complexity index is 1650. The van der Waals surface area contributed by atoms with Gasteiger partial charge in [0.15, 0.2) is 12.1 Å². The van der Waals surface area contributed by atoms with Gasteiger partial charge < -0.3 is 43.6 Å². The Morgan fingerprint density at radius 3 is 2.37 bits per heavy atom. The number of Topliss-reactive ketones (excluding diaryl/α,β-unsaturated/α-hetero) is 1. The number of hydrogen-bond donors (Lipinski definition) is 2. The molecule has 0 unspecified atom stereocenters. The minimum absolute atomic E-state index is 0.0580. The third kappa shape index (κ3) is 11.3. The number of non-ortho nitro benzene ring substituents is 1. The Labute approximate surface area is 334 Å². The maximum Gasteiger partial charge on any atom is 0.316 e. The van der Waals surface area contributed by atoms with E-state index in [1.165, 1.54) is 32.9 Å². The number of aliphatic hydroxyl groups is 2. The second-order valence-corrected chi connectivity index (χ2v) is 16.3. The second kappa shape index (κ2) is 19.4. The predicted molar refractivity (Wildman–Crippen MR) is 207 cm³/mol. The summed E-state index contributed by atoms with van der Waals surface area (Å²) in [6.45, 7) is 12.5. The van der Waals surface area contributed by atoms with Crippen LogP contribution in [0.4, 0.5) is 5.69 Å². The first-order valence-corrected chi connectivity index (χ1v) is 19.5. The summed E-state index contributed by atoms with van der Waals surface area (Å²) in [5.74, 6) is -4.73. The van der Waals surface area contributed by atoms with Crippen LogP contribution >= 0.6 is 0 Å². The number of nitrogens with zero attached hydrogens (tertiary/aromatic N) is 4. The maximum atomic E-state index is 14.4. The van der Waals surface area contributed by atoms with Crippen molar-refractivity contribution in [2.45, 2.75) is 142 Å². The number of nitro groups is 1. The number of amides is 1. The van der Waals surface area contributed by atoms with Crippen LogP contribution in [0.15, 0.2) is 34.4 Å². The lowest BCUT2D eigenvalue weighted by Gasteiger charge is -2.47. The van der Waals surface area contributed by atoms with E-state index in [4.69, 9.17) is 28.5 Å². The van der Waals surface area contributed by atoms with Crippen molar-refractivity contribution < 1.29 is 58.0 Å². The molecule has 0 saturated carbocycles. The van der Waals surface area contributed by atoms with Gasteiger partial charge in [-0.25, -0.2) is 4.99 Å². The van der Waals surface area contributed by atoms with Gasteiger partial charge in [-0.05, 0) is 84.7 Å². The van der Waals surface area contributed by atoms with E-state index in [-0.39, 0.29) is 62.6 Å². The molecule has 0 spiro atoms. The smallest absolute Gasteiger partial charge is 0.316 e. The van der Waals surface area contributed by atoms with Gasteiger partial charge in [-0.2, -0.15) is 0 Å². The van der Waals surface area contributed by atoms with Crippen molar-refractivity contribution in [2.75, 3.05) is 27.3 Å². The fourth-order valence-corrected chi connectivity index (χ4v) is 7.93. The van der Waals surface area contributed by atoms with E-state index in [1.807, 2.05) is 32.8 Å². The number of aliphatic imine (C=N–C) groups is 1. The number of fused-ring (bicyclic) bond motifs is 5. The summed E-state index contributed by atoms with van der Waals surface area (Å²) < 4.78 is 32.0. The Balaban J connectivity index is 1.89. The molecule has 0 radical (unpaired) electrons. The van der Waals surface area contributed by atoms with Crippen molar-refractivity contribution in [2.24, 2.45) is 27.9 Å². The summed E-state index contributed by atoms with van der Waals surface area (Å²) in [5.41, 5.74) is -2.16. The summed E-state index contributed by atoms with van der Waals surface area (Å²) in [7, 11) is 3.69. The van der Waals surface area contributed by atoms with Crippen molar-refractivity contribution in [3.05, 3.63) is 39.9 Å². The summed E-state index contributed by atoms with van der Waals surface area (Å²) in [6.07, 6.45) is -5.35. The van der Waals surface area contributed by atoms with Crippen LogP contribution in [0.3, 0.4) is 0 Å². The van der Waals surface area contributed by atoms with Crippen LogP contribution in [-0.2, 0) is 49.5 Å². The highest BCUT2D eigenvalue weighted by Gasteiger charge is 2.51. The zero-order valence-electron chi connectivity index (χ0n) is 34.7. The molecule has 2 N–H and O–H groups in total. The third-order valence-electron chi connectivity index (χ3n) is 11.3. The Morgan fingerprint density at radius 1 is 1.11 bits per heavy atom. The first-order chi connectivity index (χ1) is 26.7. The lowest BCUT2D eigenvalue weighted by molar-refractivity contribution is -0.384. The minimum Gasteiger partial charge on any atom is -0.459 e. The lowest BCUT2D eigenvalue weighted by Crippen LogP contribution is -2.59. The number of aliphatic hydroxyl groups excluding tert-OH is 1. The molecule has 3 aliphatic heterocycles. The zero-order chi connectivity index (χ0) is 42.4. The normalized spacial score (nSPS) is 37.6. The highest BCUT2D eigenvalue weighted by atomic mass is 16.7. The molecule has 4 rings (SSSR count). The van der Waals surface area contributed by atoms with Crippen LogP contribution in [0.1, 0.15) is 86.6 Å². The fraction of sp³-hybridized carbons (Fsp3) is 0.725. The number of ether oxygens (including phenoxy) is 5. The molecule has 57 heavy (non-hydrogen) atoms. The number of cyclic esters (lactones) is 1. The number of carbonyl (C=O) groups excluding carboxylic acids is 3. The third-order valence-corrected chi connectivity index (χ3v) is 11.3. The van der Waals surface area contributed by atoms with E-state index in [2.05, 4.69) is 10.1 Å². The lowest BCUT2D eigenvalue weighted by atomic mass is 9.76. The van der Waals surface area contributed by atoms with Gasteiger partial charge >= 0.3 is 5.97 Å². The van der Waals surface area contributed by atoms with E-state index in [1.54, 1.807) is 32.9 Å². The van der Waals surface area contributed by atoms with Crippen LogP contribution in [0.2, 0.25) is 0 Å². The van der Waals surface area contributed by atoms with Crippen molar-refractivity contribution in [1.82, 2.24) is 4.90 Å². The molecule has 17 nitrogen and oxygen atoms in total. The molecule has 318 valence electrons. The van der Waals surface area contributed by atoms with Crippen LogP contribution in [0, 0.1) is 27.9 Å². The molecule has 3 aliphatic rings. The minimum atomic E-state index is -1.86. The van der Waals surface area contributed by atoms with E-state index in [9.17, 15) is 34.7 Å². The topological polar surface area (TPSA) is 218 Å². The highest BCUT2D eigenvalue weighted by Crippen LogP contribution is 2.39. The number of hydrogen-bond acceptors (Lipinski definition) is 15. The highest BCUT2D eigenvalue weighted by molar-refractivity contribution is 6.00. The molecule has 1 amide bonds. The number of likely N-dealkylation sites (N-methyl/N-ethyl adjacent to an activating group) is 1. The standard InChI is InChI=1S/C40H60N4O13/c1-11-32-40(8,49)33-17-30(41-26(6)45)22(2)18-39(7,53-21-28(20-52-33)42-54-19-27-12-14-29(15-13-27)44(50)51)36(24(4)34(46)25(5)37(48)56-32)57-38-35(47)31(43(9)10)16-23(3)55-38/h12-15,22-25,31-33,35-36,38,47,49H,11,16-21H2,1-10H3/b41-30?,42-28-/t22-,23-,24+,25-,31+,32-,33-,35-,36-,38+,39-,40-/m1/s1. The van der Waals surface area contributed by atoms with Crippen molar-refractivity contribution in [3.63, 3.8) is 0 Å². The van der Waals surface area contributed by atoms with Gasteiger partial charge in [0, 0.05) is 43.1 Å². The maximum absolute atomic E-state index is 14.4. The quantitative estimate of drug-likeness (QED) is 0.166. The van der Waals surface area contributed by atoms with E-state index in [0.717, 1.165) is 0 Å². The molecule has 2 bridgehead atoms. The first kappa shape index (κ1) is 46.0. The van der Waals surface area contributed by atoms with E-state index >= 15 is 0 Å². The monoisotopic (exact) mass is 804 g/mol. The number of oxime groups is 1. The Hall–Kier alpha value is -3.71. The van der Waals surface area contributed by atoms with Gasteiger partial charge in [0.25, 0.3) is 5.69 Å². The molecular formula is C40H60N4O13. The number of nitro benzene ring substituents is 1. The molecule has 3 fully saturated rings. The van der Waals surface area contributed by atoms with Crippen molar-refractivity contribution in [1.29, 1.82) is 0 Å². The Morgan fingerprint density at radius 2 is 1.77 bits per heavy atom. The fourth-order valence-electron chi connectivity index (χ4n) is 7.93. The number of ketones is 1. The molecule has 3 saturated heterocycles. The van der Waals surface area contributed by atoms with E-state index < -0.39 is 82.2 Å². The van der Waals surface area contributed by atoms with Crippen LogP contribution in [-0.4, -0.2) is 130 Å². The van der Waals surface area contributed by atoms with Crippen LogP contribution in [0.5, 0.6) is 0 Å². The number of benzene rings is 1. The largest absolute Gasteiger partial charge is 0.459 e. The van der Waals surface area contributed by atoms with E-state index in [0.29, 0.717) is 17.7 Å². The Kier molecular flexibility index (Phi) is 15.6. The molecule has 17 heteroatoms. The van der Waals surface area contributed by atoms with Gasteiger partial charge in [0.1, 0.15) is 36.0 Å². The van der Waals surface area contributed by atoms with Crippen molar-refractivity contribution >= 4 is 34.8 Å². The van der Waals surface area contributed by atoms with Gasteiger partial charge in [-0.1, -0.05) is 25.9 Å². The van der Waals surface area contributed by atoms with Gasteiger partial charge in [-0.15, -0.1) is 0 Å². The summed E-state index contributed by atoms with van der Waals surface area (Å²) in [5, 5.41) is 39.3. The molecule has 3 heterocycles.